The van der Waals surface area contributed by atoms with Crippen LogP contribution in [-0.4, -0.2) is 275 Å². The van der Waals surface area contributed by atoms with Crippen LogP contribution in [0.1, 0.15) is 176 Å². The summed E-state index contributed by atoms with van der Waals surface area (Å²) in [5.74, 6) is -10.6. The number of ether oxygens (including phenoxy) is 1. The zero-order valence-electron chi connectivity index (χ0n) is 63.4. The number of aliphatic hydroxyl groups is 2. The summed E-state index contributed by atoms with van der Waals surface area (Å²) in [4.78, 5) is 175. The number of nitrogens with one attached hydrogen (secondary N) is 4. The summed E-state index contributed by atoms with van der Waals surface area (Å²) < 4.78 is 6.19. The minimum absolute atomic E-state index is 0.0577. The Morgan fingerprint density at radius 2 is 0.948 bits per heavy atom. The largest absolute Gasteiger partial charge is 0.390 e. The Balaban J connectivity index is 4.58. The predicted octanol–water partition coefficient (Wildman–Crippen LogP) is 3.50. The maximum absolute atomic E-state index is 15.4. The lowest BCUT2D eigenvalue weighted by molar-refractivity contribution is -0.157. The third kappa shape index (κ3) is 25.6. The highest BCUT2D eigenvalue weighted by molar-refractivity contribution is 6.00. The molecular formula is C70H128N12O14. The highest BCUT2D eigenvalue weighted by atomic mass is 16.5. The van der Waals surface area contributed by atoms with Gasteiger partial charge in [0.25, 0.3) is 0 Å². The van der Waals surface area contributed by atoms with Gasteiger partial charge in [-0.15, -0.1) is 0 Å². The van der Waals surface area contributed by atoms with Gasteiger partial charge in [-0.25, -0.2) is 0 Å². The molecule has 6 N–H and O–H groups in total. The first-order valence-corrected chi connectivity index (χ1v) is 34.8. The van der Waals surface area contributed by atoms with Crippen molar-refractivity contribution in [3.8, 4) is 0 Å². The number of aliphatic hydroxyl groups excluding tert-OH is 1. The Hall–Kier alpha value is -6.25. The van der Waals surface area contributed by atoms with Crippen LogP contribution in [-0.2, 0) is 57.5 Å². The molecule has 26 heteroatoms. The molecule has 0 aromatic rings. The monoisotopic (exact) mass is 1360 g/mol. The van der Waals surface area contributed by atoms with E-state index >= 15 is 28.8 Å². The van der Waals surface area contributed by atoms with Crippen molar-refractivity contribution < 1.29 is 67.7 Å². The molecule has 0 spiro atoms. The highest BCUT2D eigenvalue weighted by Crippen LogP contribution is 2.26. The third-order valence-corrected chi connectivity index (χ3v) is 18.3. The van der Waals surface area contributed by atoms with Crippen LogP contribution in [0.4, 0.5) is 0 Å². The van der Waals surface area contributed by atoms with Crippen molar-refractivity contribution in [3.63, 3.8) is 0 Å². The fourth-order valence-electron chi connectivity index (χ4n) is 12.1. The summed E-state index contributed by atoms with van der Waals surface area (Å²) in [6.07, 6.45) is 2.79. The first kappa shape index (κ1) is 87.8. The number of carbonyl (C=O) groups is 11. The summed E-state index contributed by atoms with van der Waals surface area (Å²) in [7, 11) is 9.75. The number of amides is 11. The molecule has 552 valence electrons. The number of hydrogen-bond acceptors (Lipinski definition) is 15. The maximum Gasteiger partial charge on any atom is 0.248 e. The molecule has 11 amide bonds. The summed E-state index contributed by atoms with van der Waals surface area (Å²) in [5.41, 5.74) is -1.61. The van der Waals surface area contributed by atoms with Crippen molar-refractivity contribution >= 4 is 65.0 Å². The van der Waals surface area contributed by atoms with E-state index in [-0.39, 0.29) is 69.5 Å². The molecule has 1 fully saturated rings. The minimum atomic E-state index is -1.68. The zero-order valence-corrected chi connectivity index (χ0v) is 63.4. The smallest absolute Gasteiger partial charge is 0.248 e. The van der Waals surface area contributed by atoms with Gasteiger partial charge in [-0.05, 0) is 122 Å². The van der Waals surface area contributed by atoms with E-state index < -0.39 is 161 Å². The fraction of sp³-hybridized carbons (Fsp3) is 0.814. The van der Waals surface area contributed by atoms with Crippen molar-refractivity contribution in [2.24, 2.45) is 35.5 Å². The van der Waals surface area contributed by atoms with Gasteiger partial charge < -0.3 is 75.4 Å². The Morgan fingerprint density at radius 3 is 1.42 bits per heavy atom. The van der Waals surface area contributed by atoms with Crippen LogP contribution in [0, 0.1) is 35.5 Å². The van der Waals surface area contributed by atoms with Crippen molar-refractivity contribution in [3.05, 3.63) is 12.2 Å². The Bertz CT molecular complexity index is 2590. The molecule has 26 nitrogen and oxygen atoms in total. The van der Waals surface area contributed by atoms with E-state index in [0.29, 0.717) is 13.0 Å². The van der Waals surface area contributed by atoms with Crippen molar-refractivity contribution in [1.82, 2.24) is 60.5 Å². The average molecular weight is 1360 g/mol. The second-order valence-corrected chi connectivity index (χ2v) is 29.2. The van der Waals surface area contributed by atoms with Crippen LogP contribution in [0.2, 0.25) is 0 Å². The molecule has 1 aliphatic rings. The topological polar surface area (TPSA) is 312 Å². The molecule has 1 aliphatic heterocycles. The molecule has 0 aliphatic carbocycles. The van der Waals surface area contributed by atoms with Crippen LogP contribution >= 0.6 is 0 Å². The van der Waals surface area contributed by atoms with Gasteiger partial charge in [-0.3, -0.25) is 52.7 Å². The van der Waals surface area contributed by atoms with E-state index in [1.165, 1.54) is 96.6 Å². The SMILES string of the molecule is C/C=C/C[C@@H](C)[C@@H](O)[C@H]1C(=O)N[C@@H](CC)C(=O)N(C)[C@H](COCCCN(CC)CC)C(=O)N(C)[C@@H](CC(C)(C)O)C(=O)N[C@@H](C(C)C)C(=O)N(C)[C@@H](CC(C)C)C(=O)N[C@@H](C)C(=O)N[C@H](C)C(=O)N(C)[C@@H](CC(C)C)C(=O)N(C)[C@@H](CC(C)C)C(=O)N(C)[C@@H](C(C)C)C(=O)N1C. The fourth-order valence-corrected chi connectivity index (χ4v) is 12.1. The molecule has 13 atom stereocenters. The molecule has 0 aromatic heterocycles. The van der Waals surface area contributed by atoms with Gasteiger partial charge in [0.2, 0.25) is 65.0 Å². The Kier molecular flexibility index (Phi) is 37.1. The third-order valence-electron chi connectivity index (χ3n) is 18.3. The lowest BCUT2D eigenvalue weighted by Gasteiger charge is -2.41. The first-order chi connectivity index (χ1) is 44.4. The van der Waals surface area contributed by atoms with Crippen molar-refractivity contribution in [1.29, 1.82) is 0 Å². The number of allylic oxidation sites excluding steroid dienone is 2. The van der Waals surface area contributed by atoms with Crippen LogP contribution in [0.3, 0.4) is 0 Å². The van der Waals surface area contributed by atoms with E-state index in [9.17, 15) is 34.2 Å². The Labute approximate surface area is 575 Å². The standard InChI is InChI=1S/C70H128N12O14/c1-27-31-33-46(15)58(83)57-62(87)73-49(28-2)64(89)79(24)54(40-96-35-32-34-82(29-3)30-4)67(92)78(23)53(39-70(18,19)95)61(86)74-55(44(11)12)68(93)75(20)50(36-41(5)6)60(85)71-47(16)59(84)72-48(17)63(88)76(21)51(37-42(7)8)65(90)77(22)52(38-43(9)10)66(91)80(25)56(45(13)14)69(94)81(57)26/h27,31,41-58,83,95H,28-30,32-40H2,1-26H3,(H,71,85)(H,72,84)(H,73,87)(H,74,86)/b31-27+/t46-,47+,48-,49+,50+,51+,52+,53+,54-,55+,56+,57+,58-/m1/s1. The number of rotatable bonds is 23. The van der Waals surface area contributed by atoms with E-state index in [4.69, 9.17) is 4.74 Å². The average Bonchev–Trinajstić information content (AvgIpc) is 0.829. The van der Waals surface area contributed by atoms with Gasteiger partial charge >= 0.3 is 0 Å². The van der Waals surface area contributed by atoms with Gasteiger partial charge in [0.05, 0.1) is 18.3 Å². The van der Waals surface area contributed by atoms with Gasteiger partial charge in [-0.2, -0.15) is 0 Å². The molecule has 1 rings (SSSR count). The summed E-state index contributed by atoms with van der Waals surface area (Å²) in [6.45, 7) is 34.9. The molecule has 0 aromatic carbocycles. The molecule has 0 unspecified atom stereocenters. The number of nitrogens with zero attached hydrogens (tertiary/aromatic N) is 8. The highest BCUT2D eigenvalue weighted by Gasteiger charge is 2.47. The maximum atomic E-state index is 15.4. The van der Waals surface area contributed by atoms with Crippen LogP contribution in [0.5, 0.6) is 0 Å². The lowest BCUT2D eigenvalue weighted by Crippen LogP contribution is -2.64. The van der Waals surface area contributed by atoms with Crippen molar-refractivity contribution in [2.75, 3.05) is 82.2 Å². The van der Waals surface area contributed by atoms with E-state index in [0.717, 1.165) is 27.8 Å². The minimum Gasteiger partial charge on any atom is -0.390 e. The number of likely N-dealkylation sites (N-methyl/N-ethyl adjacent to an activating group) is 7. The van der Waals surface area contributed by atoms with Gasteiger partial charge in [-0.1, -0.05) is 109 Å². The summed E-state index contributed by atoms with van der Waals surface area (Å²) >= 11 is 0. The predicted molar refractivity (Wildman–Crippen MR) is 372 cm³/mol. The quantitative estimate of drug-likeness (QED) is 0.0630. The van der Waals surface area contributed by atoms with Gasteiger partial charge in [0.15, 0.2) is 0 Å². The normalized spacial score (nSPS) is 26.2. The van der Waals surface area contributed by atoms with Gasteiger partial charge in [0, 0.05) is 68.9 Å². The van der Waals surface area contributed by atoms with E-state index in [1.54, 1.807) is 60.6 Å². The second kappa shape index (κ2) is 40.6. The number of hydrogen-bond donors (Lipinski definition) is 6. The molecule has 0 bridgehead atoms. The zero-order chi connectivity index (χ0) is 74.3. The Morgan fingerprint density at radius 1 is 0.510 bits per heavy atom. The van der Waals surface area contributed by atoms with Gasteiger partial charge in [0.1, 0.15) is 66.5 Å². The molecule has 0 radical (unpaired) electrons. The molecule has 1 heterocycles. The van der Waals surface area contributed by atoms with Crippen LogP contribution in [0.15, 0.2) is 12.2 Å². The molecule has 1 saturated heterocycles. The summed E-state index contributed by atoms with van der Waals surface area (Å²) in [6, 6.07) is -14.7. The first-order valence-electron chi connectivity index (χ1n) is 34.8. The molecule has 0 saturated carbocycles. The van der Waals surface area contributed by atoms with E-state index in [1.807, 2.05) is 55.4 Å². The second-order valence-electron chi connectivity index (χ2n) is 29.2. The van der Waals surface area contributed by atoms with Crippen LogP contribution in [0.25, 0.3) is 0 Å². The summed E-state index contributed by atoms with van der Waals surface area (Å²) in [5, 5.41) is 34.7. The molecule has 96 heavy (non-hydrogen) atoms. The lowest BCUT2D eigenvalue weighted by atomic mass is 9.91. The van der Waals surface area contributed by atoms with E-state index in [2.05, 4.69) is 26.2 Å². The van der Waals surface area contributed by atoms with Crippen LogP contribution < -0.4 is 21.3 Å². The number of carbonyl (C=O) groups excluding carboxylic acids is 11. The van der Waals surface area contributed by atoms with Crippen molar-refractivity contribution in [2.45, 2.75) is 255 Å². The molecular weight excluding hydrogens is 1230 g/mol.